The summed E-state index contributed by atoms with van der Waals surface area (Å²) in [4.78, 5) is 12.1. The molecule has 1 amide bonds. The molecule has 6 heteroatoms. The zero-order valence-electron chi connectivity index (χ0n) is 14.5. The Balaban J connectivity index is 2.80. The molecule has 3 nitrogen and oxygen atoms in total. The number of benzene rings is 1. The van der Waals surface area contributed by atoms with Gasteiger partial charge in [0.05, 0.1) is 11.6 Å². The molecule has 1 unspecified atom stereocenters. The molecular formula is C18H26F3NO2. The first-order valence-electron chi connectivity index (χ1n) is 8.19. The van der Waals surface area contributed by atoms with E-state index < -0.39 is 17.8 Å². The van der Waals surface area contributed by atoms with E-state index >= 15 is 0 Å². The van der Waals surface area contributed by atoms with Crippen molar-refractivity contribution in [2.45, 2.75) is 51.7 Å². The van der Waals surface area contributed by atoms with Crippen LogP contribution in [0.2, 0.25) is 0 Å². The Morgan fingerprint density at radius 1 is 1.25 bits per heavy atom. The lowest BCUT2D eigenvalue weighted by molar-refractivity contribution is -0.137. The lowest BCUT2D eigenvalue weighted by Gasteiger charge is -2.22. The lowest BCUT2D eigenvalue weighted by atomic mass is 9.95. The van der Waals surface area contributed by atoms with E-state index in [1.54, 1.807) is 13.2 Å². The fourth-order valence-electron chi connectivity index (χ4n) is 2.48. The highest BCUT2D eigenvalue weighted by Crippen LogP contribution is 2.32. The van der Waals surface area contributed by atoms with Gasteiger partial charge in [0.15, 0.2) is 0 Å². The normalized spacial score (nSPS) is 13.1. The standard InChI is InChI=1S/C18H26F3NO2/c1-13(2)11-16(22-17(23)9-4-5-10-24-3)14-7-6-8-15(12-14)18(19,20)21/h6-8,12-13,16H,4-5,9-11H2,1-3H3,(H,22,23). The summed E-state index contributed by atoms with van der Waals surface area (Å²) in [6, 6.07) is 4.77. The molecule has 0 aliphatic heterocycles. The topological polar surface area (TPSA) is 38.3 Å². The van der Waals surface area contributed by atoms with Crippen molar-refractivity contribution in [2.24, 2.45) is 5.92 Å². The molecule has 0 fully saturated rings. The molecule has 1 aromatic carbocycles. The van der Waals surface area contributed by atoms with E-state index in [-0.39, 0.29) is 11.8 Å². The van der Waals surface area contributed by atoms with Gasteiger partial charge in [-0.25, -0.2) is 0 Å². The smallest absolute Gasteiger partial charge is 0.385 e. The molecule has 1 aromatic rings. The number of halogens is 3. The van der Waals surface area contributed by atoms with Crippen LogP contribution < -0.4 is 5.32 Å². The highest BCUT2D eigenvalue weighted by molar-refractivity contribution is 5.76. The van der Waals surface area contributed by atoms with Gasteiger partial charge in [0.2, 0.25) is 5.91 Å². The van der Waals surface area contributed by atoms with E-state index in [0.717, 1.165) is 18.6 Å². The Labute approximate surface area is 141 Å². The van der Waals surface area contributed by atoms with Gasteiger partial charge in [-0.1, -0.05) is 26.0 Å². The molecule has 0 bridgehead atoms. The maximum Gasteiger partial charge on any atom is 0.416 e. The van der Waals surface area contributed by atoms with Crippen LogP contribution in [0.1, 0.15) is 56.7 Å². The van der Waals surface area contributed by atoms with Crippen molar-refractivity contribution in [3.05, 3.63) is 35.4 Å². The molecular weight excluding hydrogens is 319 g/mol. The molecule has 1 rings (SSSR count). The van der Waals surface area contributed by atoms with Gasteiger partial charge in [0.1, 0.15) is 0 Å². The third kappa shape index (κ3) is 7.34. The van der Waals surface area contributed by atoms with Crippen LogP contribution in [0.5, 0.6) is 0 Å². The van der Waals surface area contributed by atoms with Crippen molar-refractivity contribution in [3.8, 4) is 0 Å². The summed E-state index contributed by atoms with van der Waals surface area (Å²) in [6.45, 7) is 4.55. The maximum absolute atomic E-state index is 12.9. The monoisotopic (exact) mass is 345 g/mol. The van der Waals surface area contributed by atoms with Crippen LogP contribution in [-0.2, 0) is 15.7 Å². The number of carbonyl (C=O) groups excluding carboxylic acids is 1. The summed E-state index contributed by atoms with van der Waals surface area (Å²) in [6.07, 6.45) is -1.98. The van der Waals surface area contributed by atoms with Gasteiger partial charge in [-0.2, -0.15) is 13.2 Å². The molecule has 0 aliphatic carbocycles. The summed E-state index contributed by atoms with van der Waals surface area (Å²) >= 11 is 0. The Bertz CT molecular complexity index is 515. The molecule has 0 aromatic heterocycles. The minimum atomic E-state index is -4.39. The van der Waals surface area contributed by atoms with Crippen molar-refractivity contribution in [1.29, 1.82) is 0 Å². The zero-order chi connectivity index (χ0) is 18.2. The number of unbranched alkanes of at least 4 members (excludes halogenated alkanes) is 1. The van der Waals surface area contributed by atoms with Gasteiger partial charge in [0.25, 0.3) is 0 Å². The fraction of sp³-hybridized carbons (Fsp3) is 0.611. The van der Waals surface area contributed by atoms with Gasteiger partial charge in [-0.05, 0) is 42.9 Å². The average molecular weight is 345 g/mol. The summed E-state index contributed by atoms with van der Waals surface area (Å²) in [5.41, 5.74) is -0.202. The molecule has 136 valence electrons. The molecule has 1 N–H and O–H groups in total. The van der Waals surface area contributed by atoms with Gasteiger partial charge in [-0.15, -0.1) is 0 Å². The van der Waals surface area contributed by atoms with Crippen LogP contribution in [0.15, 0.2) is 24.3 Å². The van der Waals surface area contributed by atoms with Gasteiger partial charge in [-0.3, -0.25) is 4.79 Å². The molecule has 0 saturated heterocycles. The van der Waals surface area contributed by atoms with E-state index in [1.807, 2.05) is 13.8 Å². The minimum Gasteiger partial charge on any atom is -0.385 e. The molecule has 0 spiro atoms. The largest absolute Gasteiger partial charge is 0.416 e. The van der Waals surface area contributed by atoms with Crippen LogP contribution in [0.25, 0.3) is 0 Å². The minimum absolute atomic E-state index is 0.144. The van der Waals surface area contributed by atoms with Crippen molar-refractivity contribution in [2.75, 3.05) is 13.7 Å². The van der Waals surface area contributed by atoms with Gasteiger partial charge < -0.3 is 10.1 Å². The lowest BCUT2D eigenvalue weighted by Crippen LogP contribution is -2.29. The van der Waals surface area contributed by atoms with Crippen molar-refractivity contribution >= 4 is 5.91 Å². The summed E-state index contributed by atoms with van der Waals surface area (Å²) in [5.74, 6) is 0.104. The summed E-state index contributed by atoms with van der Waals surface area (Å²) in [7, 11) is 1.60. The van der Waals surface area contributed by atoms with E-state index in [9.17, 15) is 18.0 Å². The van der Waals surface area contributed by atoms with E-state index in [1.165, 1.54) is 6.07 Å². The van der Waals surface area contributed by atoms with Crippen molar-refractivity contribution in [3.63, 3.8) is 0 Å². The SMILES string of the molecule is COCCCCC(=O)NC(CC(C)C)c1cccc(C(F)(F)F)c1. The average Bonchev–Trinajstić information content (AvgIpc) is 2.50. The molecule has 0 aliphatic rings. The number of amides is 1. The first-order chi connectivity index (χ1) is 11.2. The first kappa shape index (κ1) is 20.5. The number of hydrogen-bond acceptors (Lipinski definition) is 2. The number of hydrogen-bond donors (Lipinski definition) is 1. The highest BCUT2D eigenvalue weighted by atomic mass is 19.4. The Hall–Kier alpha value is -1.56. The Morgan fingerprint density at radius 3 is 2.54 bits per heavy atom. The molecule has 1 atom stereocenters. The van der Waals surface area contributed by atoms with Gasteiger partial charge in [0, 0.05) is 20.1 Å². The number of alkyl halides is 3. The van der Waals surface area contributed by atoms with Crippen molar-refractivity contribution in [1.82, 2.24) is 5.32 Å². The van der Waals surface area contributed by atoms with E-state index in [2.05, 4.69) is 5.32 Å². The maximum atomic E-state index is 12.9. The number of carbonyl (C=O) groups is 1. The predicted octanol–water partition coefficient (Wildman–Crippen LogP) is 4.73. The Kier molecular flexibility index (Phi) is 8.25. The highest BCUT2D eigenvalue weighted by Gasteiger charge is 2.31. The molecule has 0 radical (unpaired) electrons. The second-order valence-electron chi connectivity index (χ2n) is 6.32. The fourth-order valence-corrected chi connectivity index (χ4v) is 2.48. The van der Waals surface area contributed by atoms with E-state index in [4.69, 9.17) is 4.74 Å². The summed E-state index contributed by atoms with van der Waals surface area (Å²) < 4.78 is 43.6. The van der Waals surface area contributed by atoms with Crippen LogP contribution in [-0.4, -0.2) is 19.6 Å². The van der Waals surface area contributed by atoms with Gasteiger partial charge >= 0.3 is 6.18 Å². The third-order valence-electron chi connectivity index (χ3n) is 3.66. The van der Waals surface area contributed by atoms with Crippen LogP contribution in [0, 0.1) is 5.92 Å². The third-order valence-corrected chi connectivity index (χ3v) is 3.66. The predicted molar refractivity (Wildman–Crippen MR) is 87.5 cm³/mol. The number of rotatable bonds is 9. The number of ether oxygens (including phenoxy) is 1. The van der Waals surface area contributed by atoms with Crippen LogP contribution in [0.3, 0.4) is 0 Å². The first-order valence-corrected chi connectivity index (χ1v) is 8.19. The quantitative estimate of drug-likeness (QED) is 0.657. The molecule has 0 heterocycles. The number of methoxy groups -OCH3 is 1. The van der Waals surface area contributed by atoms with Crippen molar-refractivity contribution < 1.29 is 22.7 Å². The molecule has 0 saturated carbocycles. The van der Waals surface area contributed by atoms with Crippen LogP contribution >= 0.6 is 0 Å². The Morgan fingerprint density at radius 2 is 1.96 bits per heavy atom. The van der Waals surface area contributed by atoms with E-state index in [0.29, 0.717) is 31.4 Å². The summed E-state index contributed by atoms with van der Waals surface area (Å²) in [5, 5.41) is 2.87. The van der Waals surface area contributed by atoms with Crippen LogP contribution in [0.4, 0.5) is 13.2 Å². The second kappa shape index (κ2) is 9.67. The zero-order valence-corrected chi connectivity index (χ0v) is 14.5. The molecule has 24 heavy (non-hydrogen) atoms. The number of nitrogens with one attached hydrogen (secondary N) is 1. The second-order valence-corrected chi connectivity index (χ2v) is 6.32.